The normalized spacial score (nSPS) is 30.4. The zero-order valence-corrected chi connectivity index (χ0v) is 40.9. The van der Waals surface area contributed by atoms with E-state index < -0.39 is 107 Å². The summed E-state index contributed by atoms with van der Waals surface area (Å²) in [4.78, 5) is 70.4. The number of esters is 2. The average molecular weight is 993 g/mol. The number of cyclic esters (lactones) is 1. The van der Waals surface area contributed by atoms with E-state index in [0.717, 1.165) is 69.9 Å². The Bertz CT molecular complexity index is 1680. The molecule has 0 saturated carbocycles. The van der Waals surface area contributed by atoms with Crippen LogP contribution in [0.3, 0.4) is 0 Å². The molecule has 0 fully saturated rings. The highest BCUT2D eigenvalue weighted by Crippen LogP contribution is 2.49. The van der Waals surface area contributed by atoms with E-state index in [4.69, 9.17) is 23.0 Å². The van der Waals surface area contributed by atoms with Crippen molar-refractivity contribution >= 4 is 33.4 Å². The number of phosphoric acid groups is 2. The summed E-state index contributed by atoms with van der Waals surface area (Å²) in [5, 5.41) is 56.5. The maximum Gasteiger partial charge on any atom is 0.472 e. The second-order valence-corrected chi connectivity index (χ2v) is 19.7. The number of ketones is 1. The van der Waals surface area contributed by atoms with E-state index in [1.807, 2.05) is 6.92 Å². The van der Waals surface area contributed by atoms with Crippen molar-refractivity contribution < 1.29 is 86.8 Å². The Hall–Kier alpha value is -2.67. The highest BCUT2D eigenvalue weighted by atomic mass is 31.2. The molecule has 1 aliphatic heterocycles. The number of rotatable bonds is 23. The van der Waals surface area contributed by atoms with Crippen LogP contribution in [-0.2, 0) is 46.6 Å². The molecule has 0 radical (unpaired) electrons. The number of hydrogen-bond donors (Lipinski definition) is 8. The van der Waals surface area contributed by atoms with Gasteiger partial charge in [-0.3, -0.25) is 28.0 Å². The van der Waals surface area contributed by atoms with E-state index in [1.54, 1.807) is 12.2 Å². The molecule has 67 heavy (non-hydrogen) atoms. The number of carbonyl (C=O) groups excluding carboxylic acids is 3. The largest absolute Gasteiger partial charge is 0.472 e. The second-order valence-electron chi connectivity index (χ2n) is 17.1. The Balaban J connectivity index is 2.34. The lowest BCUT2D eigenvalue weighted by Gasteiger charge is -2.38. The minimum atomic E-state index is -5.76. The lowest BCUT2D eigenvalue weighted by atomic mass is 9.87. The topological polar surface area (TPSA) is 293 Å². The van der Waals surface area contributed by atoms with Crippen molar-refractivity contribution in [1.82, 2.24) is 0 Å². The highest BCUT2D eigenvalue weighted by Gasteiger charge is 2.50. The van der Waals surface area contributed by atoms with Crippen molar-refractivity contribution in [2.45, 2.75) is 191 Å². The van der Waals surface area contributed by atoms with Gasteiger partial charge < -0.3 is 49.7 Å². The number of hydrogen-bond acceptors (Lipinski definition) is 15. The summed E-state index contributed by atoms with van der Waals surface area (Å²) < 4.78 is 52.1. The number of aliphatic hydroxyl groups is 5. The first-order valence-electron chi connectivity index (χ1n) is 23.9. The number of allylic oxidation sites excluding steroid dienone is 7. The smallest absolute Gasteiger partial charge is 0.462 e. The highest BCUT2D eigenvalue weighted by molar-refractivity contribution is 7.47. The molecule has 0 amide bonds. The van der Waals surface area contributed by atoms with Gasteiger partial charge in [0.2, 0.25) is 0 Å². The summed E-state index contributed by atoms with van der Waals surface area (Å²) in [6.07, 6.45) is 12.6. The fraction of sp³-hybridized carbons (Fsp3) is 0.723. The van der Waals surface area contributed by atoms with Crippen molar-refractivity contribution in [3.8, 4) is 0 Å². The number of aliphatic hydroxyl groups excluding tert-OH is 5. The summed E-state index contributed by atoms with van der Waals surface area (Å²) in [5.41, 5.74) is 0. The monoisotopic (exact) mass is 992 g/mol. The Morgan fingerprint density at radius 3 is 2.21 bits per heavy atom. The van der Waals surface area contributed by atoms with Gasteiger partial charge in [-0.2, -0.15) is 0 Å². The molecule has 0 saturated heterocycles. The summed E-state index contributed by atoms with van der Waals surface area (Å²) >= 11 is 0. The van der Waals surface area contributed by atoms with E-state index in [-0.39, 0.29) is 25.7 Å². The predicted octanol–water partition coefficient (Wildman–Crippen LogP) is 6.68. The molecule has 0 aromatic rings. The second kappa shape index (κ2) is 33.8. The van der Waals surface area contributed by atoms with Gasteiger partial charge >= 0.3 is 27.6 Å². The molecule has 2 aliphatic rings. The summed E-state index contributed by atoms with van der Waals surface area (Å²) in [7, 11) is -11.4. The first kappa shape index (κ1) is 60.5. The van der Waals surface area contributed by atoms with Crippen LogP contribution in [0.2, 0.25) is 0 Å². The van der Waals surface area contributed by atoms with Crippen LogP contribution in [0.25, 0.3) is 0 Å². The van der Waals surface area contributed by atoms with E-state index >= 15 is 0 Å². The van der Waals surface area contributed by atoms with Gasteiger partial charge in [-0.15, -0.1) is 0 Å². The van der Waals surface area contributed by atoms with Gasteiger partial charge in [0.05, 0.1) is 30.8 Å². The SMILES string of the molecule is CCCCC/C=C\C/C=C\CCCCCCCC(=O)O[C@@H]1COC(=O)CCC/C=C\C[C@H]2/C=C\C(=O)[C@H](/C=C/[C@@H](O)CCCCC)[C@@H](O)[C@@H](OP(=O)(O)O)[C@@H](OP(=O)(O)OC1)[C@H](O)[C@@H](O)[C@@H]2O. The molecule has 1 aliphatic carbocycles. The van der Waals surface area contributed by atoms with Crippen molar-refractivity contribution in [2.24, 2.45) is 11.8 Å². The van der Waals surface area contributed by atoms with E-state index in [2.05, 4.69) is 31.2 Å². The quantitative estimate of drug-likeness (QED) is 0.0229. The van der Waals surface area contributed by atoms with Crippen LogP contribution >= 0.6 is 15.6 Å². The molecule has 8 N–H and O–H groups in total. The van der Waals surface area contributed by atoms with Gasteiger partial charge in [0.1, 0.15) is 31.0 Å². The van der Waals surface area contributed by atoms with Crippen molar-refractivity contribution in [3.63, 3.8) is 0 Å². The number of fused-ring (bicyclic) bond motifs is 4. The van der Waals surface area contributed by atoms with Crippen LogP contribution in [0.5, 0.6) is 0 Å². The first-order valence-corrected chi connectivity index (χ1v) is 26.9. The number of unbranched alkanes of at least 4 members (excludes halogenated alkanes) is 10. The van der Waals surface area contributed by atoms with E-state index in [9.17, 15) is 63.7 Å². The van der Waals surface area contributed by atoms with E-state index in [0.29, 0.717) is 25.7 Å². The van der Waals surface area contributed by atoms with Crippen molar-refractivity contribution in [3.05, 3.63) is 60.8 Å². The Labute approximate surface area is 396 Å². The first-order chi connectivity index (χ1) is 31.9. The maximum absolute atomic E-state index is 13.8. The van der Waals surface area contributed by atoms with Crippen LogP contribution < -0.4 is 0 Å². The lowest BCUT2D eigenvalue weighted by Crippen LogP contribution is -2.56. The third-order valence-corrected chi connectivity index (χ3v) is 12.8. The summed E-state index contributed by atoms with van der Waals surface area (Å²) in [6, 6.07) is 0. The lowest BCUT2D eigenvalue weighted by molar-refractivity contribution is -0.163. The molecule has 1 heterocycles. The van der Waals surface area contributed by atoms with Gasteiger partial charge in [-0.25, -0.2) is 9.13 Å². The third-order valence-electron chi connectivity index (χ3n) is 11.3. The molecule has 2 bridgehead atoms. The molecule has 0 aromatic carbocycles. The molecule has 384 valence electrons. The number of ether oxygens (including phenoxy) is 2. The Kier molecular flexibility index (Phi) is 30.5. The van der Waals surface area contributed by atoms with Crippen LogP contribution in [0.4, 0.5) is 0 Å². The molecule has 0 aromatic heterocycles. The molecule has 18 nitrogen and oxygen atoms in total. The third kappa shape index (κ3) is 26.2. The zero-order valence-electron chi connectivity index (χ0n) is 39.2. The number of carbonyl (C=O) groups is 3. The van der Waals surface area contributed by atoms with Gasteiger partial charge in [-0.05, 0) is 70.3 Å². The Morgan fingerprint density at radius 2 is 1.52 bits per heavy atom. The van der Waals surface area contributed by atoms with Gasteiger partial charge in [0.15, 0.2) is 11.9 Å². The number of phosphoric ester groups is 2. The fourth-order valence-corrected chi connectivity index (χ4v) is 8.96. The maximum atomic E-state index is 13.8. The standard InChI is InChI=1S/C47H78O18P2/c1-3-5-7-8-9-10-11-12-13-14-15-16-17-18-24-28-41(51)63-37-33-61-40(50)27-23-20-19-22-25-35-29-32-39(49)38(31-30-36(48)26-21-6-4-2)43(53)46(64-66(56,57)58)47(45(55)44(54)42(35)52)65-67(59,60)62-34-37/h9-10,12-13,19,22,29-32,35-38,42-48,52-55H,3-8,11,14-18,20-21,23-28,33-34H2,1-2H3,(H,59,60)(H2,56,57,58)/b10-9-,13-12-,22-19-,31-30+,32-29-/t35-,36-,37+,38-,42+,43+,44-,45+,46+,47-/m0/s1. The molecule has 0 spiro atoms. The van der Waals surface area contributed by atoms with Gasteiger partial charge in [-0.1, -0.05) is 120 Å². The Morgan fingerprint density at radius 1 is 0.866 bits per heavy atom. The minimum Gasteiger partial charge on any atom is -0.462 e. The van der Waals surface area contributed by atoms with Crippen LogP contribution in [0.15, 0.2) is 60.8 Å². The summed E-state index contributed by atoms with van der Waals surface area (Å²) in [6.45, 7) is 2.55. The molecule has 1 unspecified atom stereocenters. The van der Waals surface area contributed by atoms with Crippen LogP contribution in [0.1, 0.15) is 142 Å². The zero-order chi connectivity index (χ0) is 49.7. The molecule has 11 atom stereocenters. The van der Waals surface area contributed by atoms with Crippen molar-refractivity contribution in [2.75, 3.05) is 13.2 Å². The van der Waals surface area contributed by atoms with Gasteiger partial charge in [0, 0.05) is 18.8 Å². The van der Waals surface area contributed by atoms with Crippen LogP contribution in [-0.4, -0.2) is 120 Å². The summed E-state index contributed by atoms with van der Waals surface area (Å²) in [5.74, 6) is -5.33. The molecule has 20 heteroatoms. The minimum absolute atomic E-state index is 0.0394. The van der Waals surface area contributed by atoms with E-state index in [1.165, 1.54) is 31.4 Å². The fourth-order valence-electron chi connectivity index (χ4n) is 7.43. The average Bonchev–Trinajstić information content (AvgIpc) is 3.28. The van der Waals surface area contributed by atoms with Crippen molar-refractivity contribution in [1.29, 1.82) is 0 Å². The predicted molar refractivity (Wildman–Crippen MR) is 250 cm³/mol. The van der Waals surface area contributed by atoms with Crippen LogP contribution in [0, 0.1) is 11.8 Å². The molecular formula is C47H78O18P2. The molecular weight excluding hydrogens is 914 g/mol. The van der Waals surface area contributed by atoms with Gasteiger partial charge in [0.25, 0.3) is 0 Å². The molecule has 2 rings (SSSR count).